The van der Waals surface area contributed by atoms with Gasteiger partial charge in [0.05, 0.1) is 16.6 Å². The number of hydrazone groups is 1. The normalized spacial score (nSPS) is 16.1. The Balaban J connectivity index is 1.59. The van der Waals surface area contributed by atoms with Crippen LogP contribution in [0.5, 0.6) is 0 Å². The standard InChI is InChI=1S/C31H36F6N6/c1-18-4-9-23-12-24(28(40-27(23)19(18)2)42(14-20-5-6-20)15-21-7-8-21)17-43(29(38)41-39-3)16-22-10-25(30(32,33)34)13-26(11-22)31(35,36)37/h4,9-13,20-21,39H,5-8,14-17H2,1-3H3,(H2,38,41). The molecular formula is C31H36F6N6. The zero-order valence-corrected chi connectivity index (χ0v) is 24.4. The van der Waals surface area contributed by atoms with Gasteiger partial charge in [0.1, 0.15) is 5.82 Å². The second-order valence-electron chi connectivity index (χ2n) is 11.8. The highest BCUT2D eigenvalue weighted by atomic mass is 19.4. The summed E-state index contributed by atoms with van der Waals surface area (Å²) < 4.78 is 81.7. The molecule has 2 aromatic carbocycles. The molecular weight excluding hydrogens is 570 g/mol. The molecule has 232 valence electrons. The van der Waals surface area contributed by atoms with Crippen LogP contribution in [0, 0.1) is 25.7 Å². The lowest BCUT2D eigenvalue weighted by atomic mass is 10.0. The SMILES string of the molecule is CN/N=C(\N)N(Cc1cc(C(F)(F)F)cc(C(F)(F)F)c1)Cc1cc2ccc(C)c(C)c2nc1N(CC1CC1)CC1CC1. The second kappa shape index (κ2) is 11.8. The molecule has 1 heterocycles. The summed E-state index contributed by atoms with van der Waals surface area (Å²) in [6.45, 7) is 5.48. The van der Waals surface area contributed by atoms with E-state index in [1.54, 1.807) is 0 Å². The van der Waals surface area contributed by atoms with Crippen molar-refractivity contribution in [3.8, 4) is 0 Å². The first-order valence-corrected chi connectivity index (χ1v) is 14.4. The number of nitrogens with one attached hydrogen (secondary N) is 1. The summed E-state index contributed by atoms with van der Waals surface area (Å²) in [6.07, 6.45) is -5.33. The van der Waals surface area contributed by atoms with Crippen molar-refractivity contribution in [2.45, 2.75) is 65.0 Å². The predicted molar refractivity (Wildman–Crippen MR) is 155 cm³/mol. The number of halogens is 6. The molecule has 2 saturated carbocycles. The Hall–Kier alpha value is -3.70. The quantitative estimate of drug-likeness (QED) is 0.113. The molecule has 0 radical (unpaired) electrons. The van der Waals surface area contributed by atoms with Gasteiger partial charge in [-0.2, -0.15) is 26.3 Å². The van der Waals surface area contributed by atoms with E-state index in [4.69, 9.17) is 10.7 Å². The van der Waals surface area contributed by atoms with E-state index in [0.29, 0.717) is 11.8 Å². The molecule has 0 atom stereocenters. The third-order valence-electron chi connectivity index (χ3n) is 8.15. The highest BCUT2D eigenvalue weighted by Crippen LogP contribution is 2.39. The molecule has 2 fully saturated rings. The Labute approximate surface area is 246 Å². The number of nitrogens with zero attached hydrogens (tertiary/aromatic N) is 4. The topological polar surface area (TPSA) is 69.8 Å². The van der Waals surface area contributed by atoms with Crippen molar-refractivity contribution < 1.29 is 26.3 Å². The van der Waals surface area contributed by atoms with Crippen molar-refractivity contribution >= 4 is 22.7 Å². The van der Waals surface area contributed by atoms with Gasteiger partial charge in [0.2, 0.25) is 5.96 Å². The van der Waals surface area contributed by atoms with Crippen molar-refractivity contribution in [2.75, 3.05) is 25.0 Å². The monoisotopic (exact) mass is 606 g/mol. The number of aryl methyl sites for hydroxylation is 2. The van der Waals surface area contributed by atoms with Gasteiger partial charge in [0, 0.05) is 44.2 Å². The second-order valence-corrected chi connectivity index (χ2v) is 11.8. The number of benzene rings is 2. The lowest BCUT2D eigenvalue weighted by Crippen LogP contribution is -2.38. The van der Waals surface area contributed by atoms with Gasteiger partial charge in [-0.25, -0.2) is 4.98 Å². The smallest absolute Gasteiger partial charge is 0.368 e. The van der Waals surface area contributed by atoms with Crippen LogP contribution in [0.15, 0.2) is 41.5 Å². The van der Waals surface area contributed by atoms with Crippen LogP contribution in [0.1, 0.15) is 59.1 Å². The van der Waals surface area contributed by atoms with Crippen LogP contribution in [0.3, 0.4) is 0 Å². The van der Waals surface area contributed by atoms with E-state index in [-0.39, 0.29) is 30.7 Å². The van der Waals surface area contributed by atoms with Crippen molar-refractivity contribution in [3.63, 3.8) is 0 Å². The molecule has 0 bridgehead atoms. The molecule has 2 aliphatic carbocycles. The summed E-state index contributed by atoms with van der Waals surface area (Å²) in [5.41, 5.74) is 9.71. The number of anilines is 1. The summed E-state index contributed by atoms with van der Waals surface area (Å²) in [5, 5.41) is 4.92. The predicted octanol–water partition coefficient (Wildman–Crippen LogP) is 6.97. The lowest BCUT2D eigenvalue weighted by Gasteiger charge is -2.30. The molecule has 5 rings (SSSR count). The van der Waals surface area contributed by atoms with E-state index < -0.39 is 23.5 Å². The van der Waals surface area contributed by atoms with E-state index in [0.717, 1.165) is 84.3 Å². The number of aromatic nitrogens is 1. The fourth-order valence-electron chi connectivity index (χ4n) is 5.32. The fourth-order valence-corrected chi connectivity index (χ4v) is 5.32. The molecule has 0 aliphatic heterocycles. The molecule has 0 amide bonds. The molecule has 12 heteroatoms. The summed E-state index contributed by atoms with van der Waals surface area (Å²) in [5.74, 6) is 1.83. The molecule has 6 nitrogen and oxygen atoms in total. The number of fused-ring (bicyclic) bond motifs is 1. The Bertz CT molecular complexity index is 1460. The van der Waals surface area contributed by atoms with Gasteiger partial charge in [-0.05, 0) is 92.3 Å². The first-order valence-electron chi connectivity index (χ1n) is 14.4. The van der Waals surface area contributed by atoms with Crippen molar-refractivity contribution in [1.82, 2.24) is 15.3 Å². The average molecular weight is 607 g/mol. The number of hydrogen-bond acceptors (Lipinski definition) is 4. The van der Waals surface area contributed by atoms with Crippen LogP contribution < -0.4 is 16.1 Å². The van der Waals surface area contributed by atoms with Crippen LogP contribution in [-0.2, 0) is 25.4 Å². The van der Waals surface area contributed by atoms with Crippen molar-refractivity contribution in [1.29, 1.82) is 0 Å². The Morgan fingerprint density at radius 3 is 2.00 bits per heavy atom. The summed E-state index contributed by atoms with van der Waals surface area (Å²) in [4.78, 5) is 8.95. The first-order chi connectivity index (χ1) is 20.2. The van der Waals surface area contributed by atoms with E-state index in [2.05, 4.69) is 15.4 Å². The van der Waals surface area contributed by atoms with Gasteiger partial charge in [0.25, 0.3) is 0 Å². The van der Waals surface area contributed by atoms with Crippen LogP contribution in [0.2, 0.25) is 0 Å². The lowest BCUT2D eigenvalue weighted by molar-refractivity contribution is -0.143. The van der Waals surface area contributed by atoms with Gasteiger partial charge < -0.3 is 21.0 Å². The average Bonchev–Trinajstić information content (AvgIpc) is 3.86. The number of rotatable bonds is 10. The molecule has 43 heavy (non-hydrogen) atoms. The minimum Gasteiger partial charge on any atom is -0.368 e. The van der Waals surface area contributed by atoms with Gasteiger partial charge in [-0.15, -0.1) is 5.10 Å². The number of pyridine rings is 1. The third-order valence-corrected chi connectivity index (χ3v) is 8.15. The van der Waals surface area contributed by atoms with Gasteiger partial charge in [-0.1, -0.05) is 12.1 Å². The zero-order chi connectivity index (χ0) is 31.1. The Morgan fingerprint density at radius 2 is 1.49 bits per heavy atom. The van der Waals surface area contributed by atoms with Gasteiger partial charge in [0.15, 0.2) is 0 Å². The van der Waals surface area contributed by atoms with E-state index in [9.17, 15) is 26.3 Å². The highest BCUT2D eigenvalue weighted by Gasteiger charge is 2.37. The van der Waals surface area contributed by atoms with Crippen LogP contribution in [0.4, 0.5) is 32.2 Å². The minimum atomic E-state index is -4.96. The molecule has 1 aromatic heterocycles. The molecule has 0 unspecified atom stereocenters. The van der Waals surface area contributed by atoms with Gasteiger partial charge in [-0.3, -0.25) is 0 Å². The molecule has 0 saturated heterocycles. The third kappa shape index (κ3) is 7.45. The first kappa shape index (κ1) is 30.7. The number of nitrogens with two attached hydrogens (primary N) is 1. The fraction of sp³-hybridized carbons (Fsp3) is 0.484. The maximum absolute atomic E-state index is 13.6. The molecule has 0 spiro atoms. The number of hydrogen-bond donors (Lipinski definition) is 2. The van der Waals surface area contributed by atoms with Crippen molar-refractivity contribution in [2.24, 2.45) is 22.7 Å². The molecule has 2 aliphatic rings. The van der Waals surface area contributed by atoms with E-state index >= 15 is 0 Å². The van der Waals surface area contributed by atoms with Crippen molar-refractivity contribution in [3.05, 3.63) is 69.8 Å². The van der Waals surface area contributed by atoms with Crippen LogP contribution in [0.25, 0.3) is 10.9 Å². The van der Waals surface area contributed by atoms with E-state index in [1.165, 1.54) is 11.9 Å². The van der Waals surface area contributed by atoms with Crippen LogP contribution in [-0.4, -0.2) is 36.0 Å². The highest BCUT2D eigenvalue weighted by molar-refractivity contribution is 5.86. The molecule has 3 aromatic rings. The van der Waals surface area contributed by atoms with E-state index in [1.807, 2.05) is 32.0 Å². The minimum absolute atomic E-state index is 0.0736. The van der Waals surface area contributed by atoms with Gasteiger partial charge >= 0.3 is 12.4 Å². The van der Waals surface area contributed by atoms with Crippen LogP contribution >= 0.6 is 0 Å². The Morgan fingerprint density at radius 1 is 0.907 bits per heavy atom. The summed E-state index contributed by atoms with van der Waals surface area (Å²) in [7, 11) is 1.51. The number of alkyl halides is 6. The Kier molecular flexibility index (Phi) is 8.41. The summed E-state index contributed by atoms with van der Waals surface area (Å²) in [6, 6.07) is 7.57. The largest absolute Gasteiger partial charge is 0.416 e. The number of guanidine groups is 1. The maximum Gasteiger partial charge on any atom is 0.416 e. The molecule has 3 N–H and O–H groups in total. The zero-order valence-electron chi connectivity index (χ0n) is 24.4. The maximum atomic E-state index is 13.6. The summed E-state index contributed by atoms with van der Waals surface area (Å²) >= 11 is 0.